The Labute approximate surface area is 104 Å². The summed E-state index contributed by atoms with van der Waals surface area (Å²) in [5, 5.41) is 10.1. The van der Waals surface area contributed by atoms with E-state index in [2.05, 4.69) is 18.7 Å². The number of piperidine rings is 1. The van der Waals surface area contributed by atoms with E-state index >= 15 is 0 Å². The smallest absolute Gasteiger partial charge is 0.0964 e. The molecule has 2 fully saturated rings. The lowest BCUT2D eigenvalue weighted by atomic mass is 9.81. The third kappa shape index (κ3) is 3.19. The maximum absolute atomic E-state index is 10.1. The first kappa shape index (κ1) is 13.3. The van der Waals surface area contributed by atoms with Gasteiger partial charge in [0.15, 0.2) is 0 Å². The fraction of sp³-hybridized carbons (Fsp3) is 1.00. The highest BCUT2D eigenvalue weighted by atomic mass is 16.5. The third-order valence-electron chi connectivity index (χ3n) is 3.95. The molecule has 100 valence electrons. The monoisotopic (exact) mass is 242 g/mol. The predicted molar refractivity (Wildman–Crippen MR) is 67.9 cm³/mol. The molecule has 0 aromatic heterocycles. The van der Waals surface area contributed by atoms with Gasteiger partial charge >= 0.3 is 0 Å². The number of hydrogen-bond acceptors (Lipinski definition) is 4. The van der Waals surface area contributed by atoms with E-state index in [9.17, 15) is 5.11 Å². The summed E-state index contributed by atoms with van der Waals surface area (Å²) < 4.78 is 5.89. The van der Waals surface area contributed by atoms with Gasteiger partial charge in [0.1, 0.15) is 0 Å². The summed E-state index contributed by atoms with van der Waals surface area (Å²) in [6, 6.07) is 0. The molecule has 0 aromatic carbocycles. The largest absolute Gasteiger partial charge is 0.390 e. The summed E-state index contributed by atoms with van der Waals surface area (Å²) in [6.45, 7) is 7.81. The van der Waals surface area contributed by atoms with Crippen LogP contribution in [-0.4, -0.2) is 53.5 Å². The lowest BCUT2D eigenvalue weighted by molar-refractivity contribution is -0.177. The minimum absolute atomic E-state index is 0.142. The first-order valence-electron chi connectivity index (χ1n) is 6.75. The van der Waals surface area contributed by atoms with Gasteiger partial charge in [-0.1, -0.05) is 0 Å². The van der Waals surface area contributed by atoms with Crippen LogP contribution in [0, 0.1) is 0 Å². The Bertz CT molecular complexity index is 255. The van der Waals surface area contributed by atoms with Crippen molar-refractivity contribution in [1.29, 1.82) is 0 Å². The molecule has 0 saturated carbocycles. The molecule has 3 N–H and O–H groups in total. The molecule has 17 heavy (non-hydrogen) atoms. The van der Waals surface area contributed by atoms with E-state index in [1.54, 1.807) is 0 Å². The first-order valence-corrected chi connectivity index (χ1v) is 6.75. The van der Waals surface area contributed by atoms with Crippen LogP contribution in [0.25, 0.3) is 0 Å². The van der Waals surface area contributed by atoms with Crippen LogP contribution in [0.5, 0.6) is 0 Å². The van der Waals surface area contributed by atoms with E-state index in [-0.39, 0.29) is 17.2 Å². The Balaban J connectivity index is 1.88. The highest BCUT2D eigenvalue weighted by Crippen LogP contribution is 2.35. The molecule has 4 heteroatoms. The molecule has 2 heterocycles. The average Bonchev–Trinajstić information content (AvgIpc) is 2.24. The van der Waals surface area contributed by atoms with E-state index in [0.717, 1.165) is 51.9 Å². The second kappa shape index (κ2) is 4.84. The molecule has 0 bridgehead atoms. The molecule has 2 aliphatic heterocycles. The molecule has 2 rings (SSSR count). The minimum atomic E-state index is -0.274. The highest BCUT2D eigenvalue weighted by molar-refractivity contribution is 4.96. The van der Waals surface area contributed by atoms with Gasteiger partial charge in [-0.15, -0.1) is 0 Å². The van der Waals surface area contributed by atoms with Crippen LogP contribution in [0.1, 0.15) is 39.5 Å². The van der Waals surface area contributed by atoms with E-state index in [4.69, 9.17) is 10.5 Å². The molecule has 4 nitrogen and oxygen atoms in total. The SMILES string of the molecule is CC(C)(N)CN1CCC2(CC1)OCCC[C@H]2O. The Hall–Kier alpha value is -0.160. The normalized spacial score (nSPS) is 30.7. The van der Waals surface area contributed by atoms with Gasteiger partial charge in [0.05, 0.1) is 11.7 Å². The van der Waals surface area contributed by atoms with Crippen molar-refractivity contribution in [2.45, 2.75) is 56.8 Å². The zero-order chi connectivity index (χ0) is 12.5. The van der Waals surface area contributed by atoms with Crippen LogP contribution in [0.3, 0.4) is 0 Å². The number of nitrogens with two attached hydrogens (primary N) is 1. The number of rotatable bonds is 2. The number of nitrogens with zero attached hydrogens (tertiary/aromatic N) is 1. The fourth-order valence-electron chi connectivity index (χ4n) is 3.05. The summed E-state index contributed by atoms with van der Waals surface area (Å²) in [4.78, 5) is 2.38. The molecule has 2 saturated heterocycles. The number of likely N-dealkylation sites (tertiary alicyclic amines) is 1. The van der Waals surface area contributed by atoms with Gasteiger partial charge in [-0.2, -0.15) is 0 Å². The van der Waals surface area contributed by atoms with Gasteiger partial charge in [0.25, 0.3) is 0 Å². The quantitative estimate of drug-likeness (QED) is 0.749. The fourth-order valence-corrected chi connectivity index (χ4v) is 3.05. The first-order chi connectivity index (χ1) is 7.91. The average molecular weight is 242 g/mol. The van der Waals surface area contributed by atoms with Gasteiger partial charge in [-0.25, -0.2) is 0 Å². The van der Waals surface area contributed by atoms with E-state index in [1.165, 1.54) is 0 Å². The maximum Gasteiger partial charge on any atom is 0.0964 e. The highest BCUT2D eigenvalue weighted by Gasteiger charge is 2.43. The second-order valence-corrected chi connectivity index (χ2v) is 6.34. The zero-order valence-electron chi connectivity index (χ0n) is 11.1. The van der Waals surface area contributed by atoms with Crippen LogP contribution < -0.4 is 5.73 Å². The zero-order valence-corrected chi connectivity index (χ0v) is 11.1. The number of aliphatic hydroxyl groups is 1. The number of hydrogen-bond donors (Lipinski definition) is 2. The minimum Gasteiger partial charge on any atom is -0.390 e. The predicted octanol–water partition coefficient (Wildman–Crippen LogP) is 0.730. The summed E-state index contributed by atoms with van der Waals surface area (Å²) >= 11 is 0. The van der Waals surface area contributed by atoms with Crippen LogP contribution >= 0.6 is 0 Å². The van der Waals surface area contributed by atoms with Crippen molar-refractivity contribution < 1.29 is 9.84 Å². The van der Waals surface area contributed by atoms with Crippen molar-refractivity contribution in [3.63, 3.8) is 0 Å². The van der Waals surface area contributed by atoms with Gasteiger partial charge in [-0.3, -0.25) is 0 Å². The number of ether oxygens (including phenoxy) is 1. The lowest BCUT2D eigenvalue weighted by Gasteiger charge is -2.47. The van der Waals surface area contributed by atoms with Gasteiger partial charge in [0, 0.05) is 31.8 Å². The van der Waals surface area contributed by atoms with Crippen molar-refractivity contribution in [1.82, 2.24) is 4.90 Å². The van der Waals surface area contributed by atoms with E-state index in [0.29, 0.717) is 0 Å². The molecule has 0 unspecified atom stereocenters. The molecule has 0 aromatic rings. The third-order valence-corrected chi connectivity index (χ3v) is 3.95. The van der Waals surface area contributed by atoms with Gasteiger partial charge in [-0.05, 0) is 39.5 Å². The van der Waals surface area contributed by atoms with E-state index in [1.807, 2.05) is 0 Å². The molecule has 0 amide bonds. The van der Waals surface area contributed by atoms with Crippen molar-refractivity contribution in [3.05, 3.63) is 0 Å². The summed E-state index contributed by atoms with van der Waals surface area (Å²) in [6.07, 6.45) is 3.48. The molecule has 2 aliphatic rings. The van der Waals surface area contributed by atoms with Gasteiger partial charge in [0.2, 0.25) is 0 Å². The Morgan fingerprint density at radius 2 is 2.06 bits per heavy atom. The molecule has 0 aliphatic carbocycles. The van der Waals surface area contributed by atoms with Gasteiger partial charge < -0.3 is 20.5 Å². The Kier molecular flexibility index (Phi) is 3.78. The Morgan fingerprint density at radius 3 is 2.59 bits per heavy atom. The van der Waals surface area contributed by atoms with Crippen LogP contribution in [0.4, 0.5) is 0 Å². The van der Waals surface area contributed by atoms with E-state index < -0.39 is 0 Å². The molecule has 0 radical (unpaired) electrons. The molecular weight excluding hydrogens is 216 g/mol. The number of aliphatic hydroxyl groups excluding tert-OH is 1. The lowest BCUT2D eigenvalue weighted by Crippen LogP contribution is -2.57. The van der Waals surface area contributed by atoms with Crippen LogP contribution in [0.2, 0.25) is 0 Å². The van der Waals surface area contributed by atoms with Crippen molar-refractivity contribution in [2.75, 3.05) is 26.2 Å². The summed E-state index contributed by atoms with van der Waals surface area (Å²) in [5.74, 6) is 0. The van der Waals surface area contributed by atoms with Crippen LogP contribution in [-0.2, 0) is 4.74 Å². The Morgan fingerprint density at radius 1 is 1.41 bits per heavy atom. The molecule has 1 spiro atoms. The van der Waals surface area contributed by atoms with Crippen molar-refractivity contribution in [2.24, 2.45) is 5.73 Å². The molecular formula is C13H26N2O2. The van der Waals surface area contributed by atoms with Crippen LogP contribution in [0.15, 0.2) is 0 Å². The standard InChI is InChI=1S/C13H26N2O2/c1-12(2,14)10-15-7-5-13(6-8-15)11(16)4-3-9-17-13/h11,16H,3-10,14H2,1-2H3/t11-/m1/s1. The van der Waals surface area contributed by atoms with Crippen molar-refractivity contribution in [3.8, 4) is 0 Å². The second-order valence-electron chi connectivity index (χ2n) is 6.34. The maximum atomic E-state index is 10.1. The summed E-state index contributed by atoms with van der Waals surface area (Å²) in [5.41, 5.74) is 5.64. The summed E-state index contributed by atoms with van der Waals surface area (Å²) in [7, 11) is 0. The molecule has 1 atom stereocenters. The van der Waals surface area contributed by atoms with Crippen molar-refractivity contribution >= 4 is 0 Å². The topological polar surface area (TPSA) is 58.7 Å².